The maximum Gasteiger partial charge on any atom is 0.230 e. The second kappa shape index (κ2) is 4.97. The minimum atomic E-state index is 0.259. The van der Waals surface area contributed by atoms with Gasteiger partial charge in [-0.3, -0.25) is 0 Å². The average molecular weight is 287 g/mol. The Morgan fingerprint density at radius 2 is 2.10 bits per heavy atom. The topological polar surface area (TPSA) is 74.2 Å². The van der Waals surface area contributed by atoms with Gasteiger partial charge in [-0.05, 0) is 13.0 Å². The molecule has 6 heteroatoms. The number of anilines is 1. The van der Waals surface area contributed by atoms with E-state index in [0.29, 0.717) is 11.3 Å². The summed E-state index contributed by atoms with van der Waals surface area (Å²) in [6, 6.07) is 7.61. The van der Waals surface area contributed by atoms with E-state index in [9.17, 15) is 0 Å². The van der Waals surface area contributed by atoms with Crippen molar-refractivity contribution in [2.75, 3.05) is 12.8 Å². The van der Waals surface area contributed by atoms with E-state index in [4.69, 9.17) is 15.0 Å². The highest BCUT2D eigenvalue weighted by Crippen LogP contribution is 2.40. The Bertz CT molecular complexity index is 748. The SMILES string of the molecule is COc1ccccc1-c1c(-c2csc(C)n2)noc1N. The first-order chi connectivity index (χ1) is 9.70. The van der Waals surface area contributed by atoms with Crippen molar-refractivity contribution >= 4 is 17.2 Å². The zero-order valence-corrected chi connectivity index (χ0v) is 11.9. The number of nitrogens with two attached hydrogens (primary N) is 1. The summed E-state index contributed by atoms with van der Waals surface area (Å²) in [5.74, 6) is 0.978. The molecule has 0 aliphatic rings. The Morgan fingerprint density at radius 3 is 2.80 bits per heavy atom. The molecular formula is C14H13N3O2S. The number of methoxy groups -OCH3 is 1. The summed E-state index contributed by atoms with van der Waals surface area (Å²) in [6.07, 6.45) is 0. The summed E-state index contributed by atoms with van der Waals surface area (Å²) >= 11 is 1.56. The number of nitrogens with zero attached hydrogens (tertiary/aromatic N) is 2. The van der Waals surface area contributed by atoms with Gasteiger partial charge >= 0.3 is 0 Å². The van der Waals surface area contributed by atoms with Gasteiger partial charge in [0, 0.05) is 10.9 Å². The minimum absolute atomic E-state index is 0.259. The van der Waals surface area contributed by atoms with Crippen LogP contribution < -0.4 is 10.5 Å². The molecule has 1 aromatic carbocycles. The number of thiazole rings is 1. The standard InChI is InChI=1S/C14H13N3O2S/c1-8-16-10(7-20-8)13-12(14(15)19-17-13)9-5-3-4-6-11(9)18-2/h3-7H,15H2,1-2H3. The van der Waals surface area contributed by atoms with Gasteiger partial charge in [-0.1, -0.05) is 23.4 Å². The molecule has 0 unspecified atom stereocenters. The molecule has 0 bridgehead atoms. The lowest BCUT2D eigenvalue weighted by Gasteiger charge is -2.07. The third-order valence-electron chi connectivity index (χ3n) is 2.96. The Kier molecular flexibility index (Phi) is 3.15. The van der Waals surface area contributed by atoms with Crippen LogP contribution in [0.15, 0.2) is 34.2 Å². The predicted octanol–water partition coefficient (Wildman–Crippen LogP) is 3.36. The Hall–Kier alpha value is -2.34. The van der Waals surface area contributed by atoms with Gasteiger partial charge < -0.3 is 15.0 Å². The molecule has 102 valence electrons. The number of rotatable bonds is 3. The minimum Gasteiger partial charge on any atom is -0.496 e. The second-order valence-corrected chi connectivity index (χ2v) is 5.28. The molecule has 0 aliphatic heterocycles. The van der Waals surface area contributed by atoms with Crippen molar-refractivity contribution in [3.8, 4) is 28.3 Å². The summed E-state index contributed by atoms with van der Waals surface area (Å²) in [4.78, 5) is 4.44. The monoisotopic (exact) mass is 287 g/mol. The molecule has 5 nitrogen and oxygen atoms in total. The van der Waals surface area contributed by atoms with Gasteiger partial charge in [0.25, 0.3) is 0 Å². The quantitative estimate of drug-likeness (QED) is 0.799. The smallest absolute Gasteiger partial charge is 0.230 e. The van der Waals surface area contributed by atoms with Crippen LogP contribution in [0.2, 0.25) is 0 Å². The van der Waals surface area contributed by atoms with Gasteiger partial charge in [0.2, 0.25) is 5.88 Å². The molecule has 0 radical (unpaired) electrons. The molecule has 2 aromatic heterocycles. The number of ether oxygens (including phenoxy) is 1. The van der Waals surface area contributed by atoms with E-state index < -0.39 is 0 Å². The van der Waals surface area contributed by atoms with Crippen LogP contribution in [-0.2, 0) is 0 Å². The highest BCUT2D eigenvalue weighted by Gasteiger charge is 2.21. The summed E-state index contributed by atoms with van der Waals surface area (Å²) in [6.45, 7) is 1.94. The van der Waals surface area contributed by atoms with Crippen molar-refractivity contribution in [2.45, 2.75) is 6.92 Å². The van der Waals surface area contributed by atoms with Crippen LogP contribution in [-0.4, -0.2) is 17.3 Å². The van der Waals surface area contributed by atoms with E-state index in [-0.39, 0.29) is 5.88 Å². The lowest BCUT2D eigenvalue weighted by Crippen LogP contribution is -1.92. The van der Waals surface area contributed by atoms with Crippen molar-refractivity contribution in [3.63, 3.8) is 0 Å². The lowest BCUT2D eigenvalue weighted by atomic mass is 10.0. The number of nitrogen functional groups attached to an aromatic ring is 1. The van der Waals surface area contributed by atoms with Crippen LogP contribution in [0.5, 0.6) is 5.75 Å². The zero-order chi connectivity index (χ0) is 14.1. The van der Waals surface area contributed by atoms with Gasteiger partial charge in [0.1, 0.15) is 17.1 Å². The molecule has 3 aromatic rings. The molecule has 0 saturated carbocycles. The first-order valence-electron chi connectivity index (χ1n) is 6.01. The van der Waals surface area contributed by atoms with Crippen LogP contribution in [0.1, 0.15) is 5.01 Å². The Morgan fingerprint density at radius 1 is 1.30 bits per heavy atom. The van der Waals surface area contributed by atoms with E-state index >= 15 is 0 Å². The molecule has 2 N–H and O–H groups in total. The van der Waals surface area contributed by atoms with Gasteiger partial charge in [-0.25, -0.2) is 4.98 Å². The number of benzene rings is 1. The summed E-state index contributed by atoms with van der Waals surface area (Å²) < 4.78 is 10.5. The van der Waals surface area contributed by atoms with Crippen LogP contribution in [0.3, 0.4) is 0 Å². The maximum absolute atomic E-state index is 5.93. The maximum atomic E-state index is 5.93. The molecule has 20 heavy (non-hydrogen) atoms. The van der Waals surface area contributed by atoms with Gasteiger partial charge in [-0.15, -0.1) is 11.3 Å². The summed E-state index contributed by atoms with van der Waals surface area (Å²) in [5, 5.41) is 6.94. The van der Waals surface area contributed by atoms with E-state index in [2.05, 4.69) is 10.1 Å². The van der Waals surface area contributed by atoms with Crippen LogP contribution >= 0.6 is 11.3 Å². The first-order valence-corrected chi connectivity index (χ1v) is 6.89. The first kappa shape index (κ1) is 12.7. The normalized spacial score (nSPS) is 10.7. The zero-order valence-electron chi connectivity index (χ0n) is 11.1. The fourth-order valence-electron chi connectivity index (χ4n) is 2.06. The van der Waals surface area contributed by atoms with Crippen molar-refractivity contribution in [3.05, 3.63) is 34.7 Å². The molecule has 3 rings (SSSR count). The second-order valence-electron chi connectivity index (χ2n) is 4.22. The molecule has 0 fully saturated rings. The highest BCUT2D eigenvalue weighted by molar-refractivity contribution is 7.09. The highest BCUT2D eigenvalue weighted by atomic mass is 32.1. The summed E-state index contributed by atoms with van der Waals surface area (Å²) in [7, 11) is 1.62. The molecule has 0 amide bonds. The molecule has 0 saturated heterocycles. The fraction of sp³-hybridized carbons (Fsp3) is 0.143. The van der Waals surface area contributed by atoms with Crippen LogP contribution in [0.25, 0.3) is 22.5 Å². The van der Waals surface area contributed by atoms with E-state index in [0.717, 1.165) is 22.0 Å². The van der Waals surface area contributed by atoms with E-state index in [1.807, 2.05) is 36.6 Å². The van der Waals surface area contributed by atoms with E-state index in [1.54, 1.807) is 18.4 Å². The third kappa shape index (κ3) is 2.04. The van der Waals surface area contributed by atoms with E-state index in [1.165, 1.54) is 0 Å². The molecule has 0 atom stereocenters. The van der Waals surface area contributed by atoms with Crippen LogP contribution in [0.4, 0.5) is 5.88 Å². The van der Waals surface area contributed by atoms with Crippen molar-refractivity contribution in [1.29, 1.82) is 0 Å². The largest absolute Gasteiger partial charge is 0.496 e. The number of aryl methyl sites for hydroxylation is 1. The van der Waals surface area contributed by atoms with Crippen molar-refractivity contribution < 1.29 is 9.26 Å². The number of aromatic nitrogens is 2. The molecule has 0 spiro atoms. The van der Waals surface area contributed by atoms with Crippen LogP contribution in [0, 0.1) is 6.92 Å². The lowest BCUT2D eigenvalue weighted by molar-refractivity contribution is 0.416. The number of hydrogen-bond donors (Lipinski definition) is 1. The molecular weight excluding hydrogens is 274 g/mol. The number of para-hydroxylation sites is 1. The van der Waals surface area contributed by atoms with Gasteiger partial charge in [0.15, 0.2) is 0 Å². The Balaban J connectivity index is 2.21. The summed E-state index contributed by atoms with van der Waals surface area (Å²) in [5.41, 5.74) is 8.88. The Labute approximate surface area is 120 Å². The predicted molar refractivity (Wildman–Crippen MR) is 78.7 cm³/mol. The van der Waals surface area contributed by atoms with Crippen molar-refractivity contribution in [2.24, 2.45) is 0 Å². The van der Waals surface area contributed by atoms with Gasteiger partial charge in [0.05, 0.1) is 17.7 Å². The van der Waals surface area contributed by atoms with Crippen molar-refractivity contribution in [1.82, 2.24) is 10.1 Å². The average Bonchev–Trinajstić information content (AvgIpc) is 3.04. The molecule has 2 heterocycles. The van der Waals surface area contributed by atoms with Gasteiger partial charge in [-0.2, -0.15) is 0 Å². The fourth-order valence-corrected chi connectivity index (χ4v) is 2.66. The number of hydrogen-bond acceptors (Lipinski definition) is 6. The third-order valence-corrected chi connectivity index (χ3v) is 3.73. The molecule has 0 aliphatic carbocycles.